The van der Waals surface area contributed by atoms with Crippen molar-refractivity contribution in [1.82, 2.24) is 0 Å². The first-order chi connectivity index (χ1) is 12.9. The molecular weight excluding hydrogens is 370 g/mol. The van der Waals surface area contributed by atoms with E-state index in [1.165, 1.54) is 7.11 Å². The monoisotopic (exact) mass is 390 g/mol. The molecule has 2 rings (SSSR count). The lowest BCUT2D eigenvalue weighted by atomic mass is 10.2. The van der Waals surface area contributed by atoms with Crippen LogP contribution in [0.5, 0.6) is 0 Å². The zero-order valence-electron chi connectivity index (χ0n) is 15.0. The van der Waals surface area contributed by atoms with E-state index in [2.05, 4.69) is 15.4 Å². The summed E-state index contributed by atoms with van der Waals surface area (Å²) < 4.78 is 4.62. The topological polar surface area (TPSA) is 88.9 Å². The Kier molecular flexibility index (Phi) is 7.34. The molecule has 142 valence electrons. The molecule has 27 heavy (non-hydrogen) atoms. The molecule has 2 aromatic carbocycles. The lowest BCUT2D eigenvalue weighted by Crippen LogP contribution is -3.11. The van der Waals surface area contributed by atoms with Crippen LogP contribution in [0.4, 0.5) is 11.4 Å². The van der Waals surface area contributed by atoms with Crippen molar-refractivity contribution in [2.24, 2.45) is 0 Å². The molecule has 0 heterocycles. The van der Waals surface area contributed by atoms with Gasteiger partial charge in [-0.05, 0) is 48.5 Å². The Bertz CT molecular complexity index is 807. The fourth-order valence-corrected chi connectivity index (χ4v) is 2.49. The van der Waals surface area contributed by atoms with E-state index >= 15 is 0 Å². The van der Waals surface area contributed by atoms with Crippen LogP contribution < -0.4 is 15.5 Å². The Balaban J connectivity index is 1.79. The molecule has 0 aliphatic carbocycles. The molecule has 0 radical (unpaired) electrons. The highest BCUT2D eigenvalue weighted by molar-refractivity contribution is 6.30. The van der Waals surface area contributed by atoms with Gasteiger partial charge in [0, 0.05) is 16.4 Å². The van der Waals surface area contributed by atoms with Crippen LogP contribution in [0, 0.1) is 0 Å². The summed E-state index contributed by atoms with van der Waals surface area (Å²) in [6, 6.07) is 13.2. The minimum Gasteiger partial charge on any atom is -0.465 e. The quantitative estimate of drug-likeness (QED) is 0.620. The van der Waals surface area contributed by atoms with Gasteiger partial charge in [-0.2, -0.15) is 0 Å². The molecule has 1 atom stereocenters. The number of anilines is 2. The maximum absolute atomic E-state index is 12.1. The molecule has 0 fully saturated rings. The molecule has 0 aliphatic rings. The third kappa shape index (κ3) is 6.73. The highest BCUT2D eigenvalue weighted by Crippen LogP contribution is 2.13. The largest absolute Gasteiger partial charge is 0.465 e. The summed E-state index contributed by atoms with van der Waals surface area (Å²) in [6.07, 6.45) is 0. The van der Waals surface area contributed by atoms with Crippen LogP contribution >= 0.6 is 11.6 Å². The summed E-state index contributed by atoms with van der Waals surface area (Å²) in [5.74, 6) is -0.883. The maximum Gasteiger partial charge on any atom is 0.337 e. The number of methoxy groups -OCH3 is 1. The van der Waals surface area contributed by atoms with Crippen LogP contribution in [-0.4, -0.2) is 45.0 Å². The van der Waals surface area contributed by atoms with Crippen LogP contribution in [0.15, 0.2) is 48.5 Å². The summed E-state index contributed by atoms with van der Waals surface area (Å²) in [4.78, 5) is 36.3. The van der Waals surface area contributed by atoms with Crippen molar-refractivity contribution in [1.29, 1.82) is 0 Å². The fourth-order valence-electron chi connectivity index (χ4n) is 2.36. The SMILES string of the molecule is COC(=O)c1ccc(NC(=O)C[NH+](C)CC(=O)Nc2ccc(Cl)cc2)cc1. The molecule has 8 heteroatoms. The van der Waals surface area contributed by atoms with Crippen LogP contribution in [0.1, 0.15) is 10.4 Å². The number of halogens is 1. The normalized spacial score (nSPS) is 11.4. The second-order valence-electron chi connectivity index (χ2n) is 5.98. The highest BCUT2D eigenvalue weighted by Gasteiger charge is 2.15. The van der Waals surface area contributed by atoms with Gasteiger partial charge in [-0.3, -0.25) is 9.59 Å². The van der Waals surface area contributed by atoms with Crippen LogP contribution in [-0.2, 0) is 14.3 Å². The summed E-state index contributed by atoms with van der Waals surface area (Å²) in [7, 11) is 3.06. The zero-order valence-corrected chi connectivity index (χ0v) is 15.8. The molecule has 0 saturated heterocycles. The Morgan fingerprint density at radius 1 is 0.889 bits per heavy atom. The molecular formula is C19H21ClN3O4+. The number of ether oxygens (including phenoxy) is 1. The van der Waals surface area contributed by atoms with Crippen LogP contribution in [0.2, 0.25) is 5.02 Å². The Morgan fingerprint density at radius 3 is 1.78 bits per heavy atom. The van der Waals surface area contributed by atoms with E-state index < -0.39 is 5.97 Å². The van der Waals surface area contributed by atoms with Gasteiger partial charge in [-0.25, -0.2) is 4.79 Å². The summed E-state index contributed by atoms with van der Waals surface area (Å²) >= 11 is 5.80. The van der Waals surface area contributed by atoms with E-state index in [4.69, 9.17) is 11.6 Å². The predicted octanol–water partition coefficient (Wildman–Crippen LogP) is 1.22. The molecule has 2 aromatic rings. The van der Waals surface area contributed by atoms with E-state index in [1.54, 1.807) is 55.6 Å². The number of nitrogens with one attached hydrogen (secondary N) is 3. The lowest BCUT2D eigenvalue weighted by molar-refractivity contribution is -0.862. The van der Waals surface area contributed by atoms with Crippen molar-refractivity contribution in [2.75, 3.05) is 37.9 Å². The third-order valence-corrected chi connectivity index (χ3v) is 3.89. The molecule has 0 spiro atoms. The predicted molar refractivity (Wildman–Crippen MR) is 103 cm³/mol. The number of carbonyl (C=O) groups is 3. The minimum atomic E-state index is -0.441. The van der Waals surface area contributed by atoms with Gasteiger partial charge in [0.25, 0.3) is 11.8 Å². The number of esters is 1. The van der Waals surface area contributed by atoms with Crippen molar-refractivity contribution in [3.63, 3.8) is 0 Å². The average Bonchev–Trinajstić information content (AvgIpc) is 2.63. The number of benzene rings is 2. The first kappa shape index (κ1) is 20.4. The van der Waals surface area contributed by atoms with Crippen molar-refractivity contribution < 1.29 is 24.0 Å². The van der Waals surface area contributed by atoms with E-state index in [9.17, 15) is 14.4 Å². The van der Waals surface area contributed by atoms with Gasteiger partial charge in [0.1, 0.15) is 0 Å². The average molecular weight is 391 g/mol. The molecule has 3 N–H and O–H groups in total. The van der Waals surface area contributed by atoms with Crippen molar-refractivity contribution in [2.45, 2.75) is 0 Å². The highest BCUT2D eigenvalue weighted by atomic mass is 35.5. The zero-order chi connectivity index (χ0) is 19.8. The molecule has 7 nitrogen and oxygen atoms in total. The van der Waals surface area contributed by atoms with Gasteiger partial charge in [-0.1, -0.05) is 11.6 Å². The molecule has 0 saturated carbocycles. The van der Waals surface area contributed by atoms with Gasteiger partial charge in [-0.15, -0.1) is 0 Å². The summed E-state index contributed by atoms with van der Waals surface area (Å²) in [6.45, 7) is 0.254. The number of quaternary nitrogens is 1. The molecule has 0 aliphatic heterocycles. The second-order valence-corrected chi connectivity index (χ2v) is 6.42. The van der Waals surface area contributed by atoms with Gasteiger partial charge in [0.05, 0.1) is 19.7 Å². The van der Waals surface area contributed by atoms with Crippen molar-refractivity contribution in [3.05, 3.63) is 59.1 Å². The first-order valence-corrected chi connectivity index (χ1v) is 8.60. The molecule has 1 unspecified atom stereocenters. The minimum absolute atomic E-state index is 0.118. The summed E-state index contributed by atoms with van der Waals surface area (Å²) in [5, 5.41) is 6.07. The van der Waals surface area contributed by atoms with Gasteiger partial charge < -0.3 is 20.3 Å². The van der Waals surface area contributed by atoms with E-state index in [0.29, 0.717) is 22.0 Å². The lowest BCUT2D eigenvalue weighted by Gasteiger charge is -2.14. The first-order valence-electron chi connectivity index (χ1n) is 8.22. The molecule has 2 amide bonds. The second kappa shape index (κ2) is 9.70. The number of likely N-dealkylation sites (N-methyl/N-ethyl adjacent to an activating group) is 1. The maximum atomic E-state index is 12.1. The molecule has 0 aromatic heterocycles. The van der Waals surface area contributed by atoms with E-state index in [0.717, 1.165) is 4.90 Å². The number of hydrogen-bond acceptors (Lipinski definition) is 4. The Hall–Kier alpha value is -2.90. The van der Waals surface area contributed by atoms with Crippen LogP contribution in [0.25, 0.3) is 0 Å². The fraction of sp³-hybridized carbons (Fsp3) is 0.211. The summed E-state index contributed by atoms with van der Waals surface area (Å²) in [5.41, 5.74) is 1.61. The van der Waals surface area contributed by atoms with Crippen molar-refractivity contribution >= 4 is 40.8 Å². The standard InChI is InChI=1S/C19H20ClN3O4/c1-23(12-18(25)22-16-9-5-14(20)6-10-16)11-17(24)21-15-7-3-13(4-8-15)19(26)27-2/h3-10H,11-12H2,1-2H3,(H,21,24)(H,22,25)/p+1. The Labute approximate surface area is 162 Å². The number of carbonyl (C=O) groups excluding carboxylic acids is 3. The number of amides is 2. The van der Waals surface area contributed by atoms with Gasteiger partial charge in [0.15, 0.2) is 13.1 Å². The van der Waals surface area contributed by atoms with Gasteiger partial charge in [0.2, 0.25) is 0 Å². The van der Waals surface area contributed by atoms with E-state index in [-0.39, 0.29) is 24.9 Å². The Morgan fingerprint density at radius 2 is 1.33 bits per heavy atom. The third-order valence-electron chi connectivity index (χ3n) is 3.64. The number of rotatable bonds is 7. The van der Waals surface area contributed by atoms with E-state index in [1.807, 2.05) is 0 Å². The number of hydrogen-bond donors (Lipinski definition) is 3. The van der Waals surface area contributed by atoms with Crippen molar-refractivity contribution in [3.8, 4) is 0 Å². The molecule has 0 bridgehead atoms. The van der Waals surface area contributed by atoms with Crippen LogP contribution in [0.3, 0.4) is 0 Å². The smallest absolute Gasteiger partial charge is 0.337 e. The van der Waals surface area contributed by atoms with Gasteiger partial charge >= 0.3 is 5.97 Å².